The summed E-state index contributed by atoms with van der Waals surface area (Å²) in [5, 5.41) is 20.1. The van der Waals surface area contributed by atoms with Crippen LogP contribution in [0.1, 0.15) is 34.3 Å². The van der Waals surface area contributed by atoms with Gasteiger partial charge in [-0.15, -0.1) is 0 Å². The first-order chi connectivity index (χ1) is 17.7. The maximum Gasteiger partial charge on any atom is 0.422 e. The third kappa shape index (κ3) is 4.74. The number of benzene rings is 3. The lowest BCUT2D eigenvalue weighted by Gasteiger charge is -2.38. The first-order valence-electron chi connectivity index (χ1n) is 11.1. The van der Waals surface area contributed by atoms with Gasteiger partial charge in [-0.3, -0.25) is 4.79 Å². The molecule has 0 radical (unpaired) electrons. The Kier molecular flexibility index (Phi) is 7.02. The van der Waals surface area contributed by atoms with Crippen LogP contribution < -0.4 is 14.4 Å². The van der Waals surface area contributed by atoms with Crippen LogP contribution in [0.3, 0.4) is 0 Å². The number of carboxylic acids is 1. The van der Waals surface area contributed by atoms with E-state index in [9.17, 15) is 32.3 Å². The Balaban J connectivity index is 1.75. The molecule has 200 valence electrons. The van der Waals surface area contributed by atoms with Crippen molar-refractivity contribution in [2.75, 3.05) is 18.6 Å². The van der Waals surface area contributed by atoms with Crippen molar-refractivity contribution in [1.82, 2.24) is 0 Å². The van der Waals surface area contributed by atoms with E-state index in [1.807, 2.05) is 0 Å². The Morgan fingerprint density at radius 1 is 1.11 bits per heavy atom. The van der Waals surface area contributed by atoms with E-state index >= 15 is 0 Å². The number of aromatic carboxylic acids is 1. The van der Waals surface area contributed by atoms with Crippen LogP contribution in [0.25, 0.3) is 0 Å². The van der Waals surface area contributed by atoms with E-state index in [0.717, 1.165) is 36.1 Å². The predicted octanol–water partition coefficient (Wildman–Crippen LogP) is 5.88. The molecular weight excluding hydrogens is 534 g/mol. The molecule has 0 aliphatic carbocycles. The Morgan fingerprint density at radius 2 is 1.76 bits per heavy atom. The van der Waals surface area contributed by atoms with Gasteiger partial charge in [-0.1, -0.05) is 24.6 Å². The number of rotatable bonds is 6. The van der Waals surface area contributed by atoms with E-state index < -0.39 is 46.5 Å². The second kappa shape index (κ2) is 9.80. The molecule has 2 N–H and O–H groups in total. The number of ether oxygens (including phenoxy) is 2. The molecule has 2 atom stereocenters. The molecule has 3 aromatic carbocycles. The molecular formula is C26H20ClF4NO6. The van der Waals surface area contributed by atoms with Gasteiger partial charge in [0.05, 0.1) is 11.3 Å². The largest absolute Gasteiger partial charge is 0.482 e. The molecule has 7 nitrogen and oxygen atoms in total. The number of hydrogen-bond donors (Lipinski definition) is 2. The standard InChI is InChI=1S/C26H20ClF4NO6/c1-13(18-10-15(5-7-19(18)27)38-16-4-6-17(24(34)35)20(28)11-16)25(36,26(29,30)31)14-3-8-22-21(9-14)32(2)23(33)12-37-22/h3-11,13,36H,12H2,1-2H3,(H,34,35)/t13-,25-/m0/s1. The quantitative estimate of drug-likeness (QED) is 0.370. The lowest BCUT2D eigenvalue weighted by atomic mass is 9.77. The molecule has 1 aliphatic rings. The van der Waals surface area contributed by atoms with E-state index in [1.165, 1.54) is 37.4 Å². The van der Waals surface area contributed by atoms with Crippen LogP contribution >= 0.6 is 11.6 Å². The van der Waals surface area contributed by atoms with Crippen LogP contribution in [0, 0.1) is 5.82 Å². The minimum Gasteiger partial charge on any atom is -0.482 e. The number of amides is 1. The van der Waals surface area contributed by atoms with Crippen LogP contribution in [-0.2, 0) is 10.4 Å². The minimum atomic E-state index is -5.19. The predicted molar refractivity (Wildman–Crippen MR) is 129 cm³/mol. The number of carbonyl (C=O) groups is 2. The Bertz CT molecular complexity index is 1430. The van der Waals surface area contributed by atoms with Gasteiger partial charge >= 0.3 is 12.1 Å². The van der Waals surface area contributed by atoms with Crippen molar-refractivity contribution in [2.45, 2.75) is 24.6 Å². The Morgan fingerprint density at radius 3 is 2.39 bits per heavy atom. The lowest BCUT2D eigenvalue weighted by molar-refractivity contribution is -0.274. The Labute approximate surface area is 218 Å². The summed E-state index contributed by atoms with van der Waals surface area (Å²) in [5.41, 5.74) is -4.66. The number of halogens is 5. The SMILES string of the molecule is C[C@@H](c1cc(Oc2ccc(C(=O)O)c(F)c2)ccc1Cl)[C@](O)(c1ccc2c(c1)N(C)C(=O)CO2)C(F)(F)F. The Hall–Kier alpha value is -3.83. The first-order valence-corrected chi connectivity index (χ1v) is 11.4. The fourth-order valence-electron chi connectivity index (χ4n) is 4.18. The van der Waals surface area contributed by atoms with Gasteiger partial charge < -0.3 is 24.6 Å². The minimum absolute atomic E-state index is 0.0348. The molecule has 0 unspecified atom stereocenters. The number of carboxylic acid groups (broad SMARTS) is 1. The molecule has 38 heavy (non-hydrogen) atoms. The zero-order chi connectivity index (χ0) is 28.0. The summed E-state index contributed by atoms with van der Waals surface area (Å²) < 4.78 is 68.4. The van der Waals surface area contributed by atoms with E-state index in [-0.39, 0.29) is 40.1 Å². The van der Waals surface area contributed by atoms with Crippen LogP contribution in [0.2, 0.25) is 5.02 Å². The summed E-state index contributed by atoms with van der Waals surface area (Å²) in [4.78, 5) is 24.2. The summed E-state index contributed by atoms with van der Waals surface area (Å²) in [6.07, 6.45) is -5.19. The maximum absolute atomic E-state index is 14.5. The summed E-state index contributed by atoms with van der Waals surface area (Å²) in [6.45, 7) is 0.860. The molecule has 4 rings (SSSR count). The highest BCUT2D eigenvalue weighted by molar-refractivity contribution is 6.31. The highest BCUT2D eigenvalue weighted by Gasteiger charge is 2.59. The molecule has 0 bridgehead atoms. The van der Waals surface area contributed by atoms with Gasteiger partial charge in [-0.25, -0.2) is 9.18 Å². The number of alkyl halides is 3. The number of anilines is 1. The third-order valence-electron chi connectivity index (χ3n) is 6.39. The number of hydrogen-bond acceptors (Lipinski definition) is 5. The normalized spacial score (nSPS) is 15.8. The molecule has 0 saturated heterocycles. The van der Waals surface area contributed by atoms with Gasteiger partial charge in [0.1, 0.15) is 23.1 Å². The second-order valence-electron chi connectivity index (χ2n) is 8.64. The van der Waals surface area contributed by atoms with Crippen molar-refractivity contribution in [3.63, 3.8) is 0 Å². The van der Waals surface area contributed by atoms with Crippen LogP contribution in [0.4, 0.5) is 23.2 Å². The zero-order valence-corrected chi connectivity index (χ0v) is 20.6. The van der Waals surface area contributed by atoms with Gasteiger partial charge in [0, 0.05) is 24.1 Å². The molecule has 0 aromatic heterocycles. The second-order valence-corrected chi connectivity index (χ2v) is 9.05. The first kappa shape index (κ1) is 27.2. The highest BCUT2D eigenvalue weighted by atomic mass is 35.5. The van der Waals surface area contributed by atoms with Gasteiger partial charge in [0.2, 0.25) is 0 Å². The monoisotopic (exact) mass is 553 g/mol. The number of fused-ring (bicyclic) bond motifs is 1. The molecule has 0 spiro atoms. The molecule has 12 heteroatoms. The van der Waals surface area contributed by atoms with Crippen molar-refractivity contribution in [2.24, 2.45) is 0 Å². The molecule has 1 aliphatic heterocycles. The van der Waals surface area contributed by atoms with Gasteiger partial charge in [-0.2, -0.15) is 13.2 Å². The maximum atomic E-state index is 14.5. The van der Waals surface area contributed by atoms with Crippen molar-refractivity contribution in [1.29, 1.82) is 0 Å². The van der Waals surface area contributed by atoms with Crippen molar-refractivity contribution >= 4 is 29.2 Å². The zero-order valence-electron chi connectivity index (χ0n) is 19.8. The number of nitrogens with zero attached hydrogens (tertiary/aromatic N) is 1. The van der Waals surface area contributed by atoms with Gasteiger partial charge in [0.25, 0.3) is 5.91 Å². The highest BCUT2D eigenvalue weighted by Crippen LogP contribution is 2.51. The number of aliphatic hydroxyl groups is 1. The fraction of sp³-hybridized carbons (Fsp3) is 0.231. The smallest absolute Gasteiger partial charge is 0.422 e. The molecule has 0 saturated carbocycles. The third-order valence-corrected chi connectivity index (χ3v) is 6.73. The average molecular weight is 554 g/mol. The van der Waals surface area contributed by atoms with E-state index in [2.05, 4.69) is 0 Å². The molecule has 1 amide bonds. The summed E-state index contributed by atoms with van der Waals surface area (Å²) in [5.74, 6) is -4.67. The van der Waals surface area contributed by atoms with Crippen molar-refractivity contribution in [3.8, 4) is 17.2 Å². The van der Waals surface area contributed by atoms with Crippen molar-refractivity contribution < 1.29 is 46.8 Å². The number of likely N-dealkylation sites (N-methyl/N-ethyl adjacent to an activating group) is 1. The summed E-state index contributed by atoms with van der Waals surface area (Å²) >= 11 is 6.24. The topological polar surface area (TPSA) is 96.3 Å². The van der Waals surface area contributed by atoms with Gasteiger partial charge in [-0.05, 0) is 53.6 Å². The van der Waals surface area contributed by atoms with Gasteiger partial charge in [0.15, 0.2) is 12.2 Å². The molecule has 3 aromatic rings. The van der Waals surface area contributed by atoms with Crippen LogP contribution in [0.5, 0.6) is 17.2 Å². The summed E-state index contributed by atoms with van der Waals surface area (Å²) in [6, 6.07) is 10.1. The van der Waals surface area contributed by atoms with E-state index in [0.29, 0.717) is 0 Å². The van der Waals surface area contributed by atoms with Crippen molar-refractivity contribution in [3.05, 3.63) is 82.1 Å². The number of carbonyl (C=O) groups excluding carboxylic acids is 1. The molecule has 0 fully saturated rings. The van der Waals surface area contributed by atoms with Crippen LogP contribution in [-0.4, -0.2) is 41.9 Å². The molecule has 1 heterocycles. The lowest BCUT2D eigenvalue weighted by Crippen LogP contribution is -2.47. The van der Waals surface area contributed by atoms with E-state index in [1.54, 1.807) is 0 Å². The van der Waals surface area contributed by atoms with Crippen LogP contribution in [0.15, 0.2) is 54.6 Å². The summed E-state index contributed by atoms with van der Waals surface area (Å²) in [7, 11) is 1.38. The fourth-order valence-corrected chi connectivity index (χ4v) is 4.46. The average Bonchev–Trinajstić information content (AvgIpc) is 2.85. The van der Waals surface area contributed by atoms with E-state index in [4.69, 9.17) is 26.2 Å².